The fourth-order valence-electron chi connectivity index (χ4n) is 1.43. The zero-order valence-electron chi connectivity index (χ0n) is 9.87. The van der Waals surface area contributed by atoms with Crippen LogP contribution in [0.5, 0.6) is 5.75 Å². The first-order valence-corrected chi connectivity index (χ1v) is 7.14. The summed E-state index contributed by atoms with van der Waals surface area (Å²) < 4.78 is 6.11. The number of hydrogen-bond acceptors (Lipinski definition) is 3. The van der Waals surface area contributed by atoms with Gasteiger partial charge < -0.3 is 9.57 Å². The van der Waals surface area contributed by atoms with E-state index in [9.17, 15) is 0 Å². The number of methoxy groups -OCH3 is 1. The minimum atomic E-state index is 0.811. The summed E-state index contributed by atoms with van der Waals surface area (Å²) in [5, 5.41) is 5.01. The second-order valence-corrected chi connectivity index (χ2v) is 5.01. The molecule has 17 heavy (non-hydrogen) atoms. The number of halogens is 2. The smallest absolute Gasteiger partial charge is 0.133 e. The van der Waals surface area contributed by atoms with Crippen LogP contribution >= 0.6 is 31.9 Å². The molecule has 0 bridgehead atoms. The fourth-order valence-corrected chi connectivity index (χ4v) is 2.25. The highest BCUT2D eigenvalue weighted by atomic mass is 79.9. The summed E-state index contributed by atoms with van der Waals surface area (Å²) in [6.45, 7) is 0. The van der Waals surface area contributed by atoms with Crippen LogP contribution in [0.25, 0.3) is 0 Å². The molecule has 94 valence electrons. The maximum Gasteiger partial charge on any atom is 0.133 e. The molecule has 0 aliphatic carbocycles. The van der Waals surface area contributed by atoms with Crippen molar-refractivity contribution in [2.24, 2.45) is 5.16 Å². The molecular weight excluding hydrogens is 350 g/mol. The van der Waals surface area contributed by atoms with E-state index in [1.165, 1.54) is 0 Å². The van der Waals surface area contributed by atoms with Crippen LogP contribution in [0.2, 0.25) is 0 Å². The number of hydrogen-bond donors (Lipinski definition) is 0. The third-order valence-electron chi connectivity index (χ3n) is 2.23. The molecule has 0 unspecified atom stereocenters. The van der Waals surface area contributed by atoms with Crippen LogP contribution in [0.15, 0.2) is 27.8 Å². The molecule has 0 saturated heterocycles. The summed E-state index contributed by atoms with van der Waals surface area (Å²) in [5.41, 5.74) is 1.98. The van der Waals surface area contributed by atoms with Crippen LogP contribution in [0.4, 0.5) is 0 Å². The van der Waals surface area contributed by atoms with Gasteiger partial charge in [0.25, 0.3) is 0 Å². The number of nitrogens with zero attached hydrogens (tertiary/aromatic N) is 1. The molecule has 0 atom stereocenters. The fraction of sp³-hybridized carbons (Fsp3) is 0.417. The first kappa shape index (κ1) is 14.5. The van der Waals surface area contributed by atoms with E-state index in [2.05, 4.69) is 37.0 Å². The van der Waals surface area contributed by atoms with E-state index < -0.39 is 0 Å². The van der Waals surface area contributed by atoms with Crippen molar-refractivity contribution in [1.29, 1.82) is 0 Å². The third-order valence-corrected chi connectivity index (χ3v) is 3.41. The molecule has 0 aliphatic rings. The van der Waals surface area contributed by atoms with Crippen LogP contribution in [-0.2, 0) is 4.84 Å². The van der Waals surface area contributed by atoms with E-state index in [4.69, 9.17) is 9.57 Å². The monoisotopic (exact) mass is 363 g/mol. The highest BCUT2D eigenvalue weighted by molar-refractivity contribution is 9.10. The molecule has 0 saturated carbocycles. The molecule has 0 amide bonds. The van der Waals surface area contributed by atoms with Crippen molar-refractivity contribution >= 4 is 37.6 Å². The number of oxime groups is 1. The number of ether oxygens (including phenoxy) is 1. The highest BCUT2D eigenvalue weighted by Crippen LogP contribution is 2.26. The Morgan fingerprint density at radius 3 is 2.65 bits per heavy atom. The van der Waals surface area contributed by atoms with Gasteiger partial charge in [0.05, 0.1) is 17.3 Å². The van der Waals surface area contributed by atoms with E-state index in [-0.39, 0.29) is 0 Å². The summed E-state index contributed by atoms with van der Waals surface area (Å²) in [7, 11) is 3.21. The summed E-state index contributed by atoms with van der Waals surface area (Å²) in [5.74, 6) is 0.811. The molecule has 0 heterocycles. The SMILES string of the molecule is CON=C(CCCBr)c1ccc(OC)c(Br)c1. The minimum absolute atomic E-state index is 0.811. The lowest BCUT2D eigenvalue weighted by Crippen LogP contribution is -2.02. The van der Waals surface area contributed by atoms with Gasteiger partial charge in [0.15, 0.2) is 0 Å². The molecule has 0 aromatic heterocycles. The van der Waals surface area contributed by atoms with Gasteiger partial charge in [0.1, 0.15) is 12.9 Å². The Morgan fingerprint density at radius 2 is 2.12 bits per heavy atom. The van der Waals surface area contributed by atoms with Crippen LogP contribution in [0.3, 0.4) is 0 Å². The largest absolute Gasteiger partial charge is 0.496 e. The van der Waals surface area contributed by atoms with Crippen molar-refractivity contribution in [1.82, 2.24) is 0 Å². The van der Waals surface area contributed by atoms with Gasteiger partial charge in [-0.05, 0) is 47.0 Å². The molecule has 5 heteroatoms. The Bertz CT molecular complexity index is 394. The van der Waals surface area contributed by atoms with E-state index in [0.29, 0.717) is 0 Å². The van der Waals surface area contributed by atoms with E-state index in [1.54, 1.807) is 14.2 Å². The van der Waals surface area contributed by atoms with Crippen molar-refractivity contribution in [3.05, 3.63) is 28.2 Å². The number of rotatable bonds is 6. The van der Waals surface area contributed by atoms with Gasteiger partial charge in [0, 0.05) is 10.9 Å². The van der Waals surface area contributed by atoms with E-state index >= 15 is 0 Å². The van der Waals surface area contributed by atoms with Crippen LogP contribution in [-0.4, -0.2) is 25.3 Å². The van der Waals surface area contributed by atoms with Gasteiger partial charge >= 0.3 is 0 Å². The highest BCUT2D eigenvalue weighted by Gasteiger charge is 2.08. The van der Waals surface area contributed by atoms with E-state index in [0.717, 1.165) is 39.7 Å². The molecule has 3 nitrogen and oxygen atoms in total. The van der Waals surface area contributed by atoms with Gasteiger partial charge in [-0.2, -0.15) is 0 Å². The molecule has 0 aliphatic heterocycles. The van der Waals surface area contributed by atoms with Gasteiger partial charge in [-0.15, -0.1) is 0 Å². The van der Waals surface area contributed by atoms with Crippen LogP contribution < -0.4 is 4.74 Å². The lowest BCUT2D eigenvalue weighted by Gasteiger charge is -2.08. The third kappa shape index (κ3) is 4.32. The second kappa shape index (κ2) is 7.71. The van der Waals surface area contributed by atoms with Gasteiger partial charge in [-0.3, -0.25) is 0 Å². The Hall–Kier alpha value is -0.550. The second-order valence-electron chi connectivity index (χ2n) is 3.36. The molecular formula is C12H15Br2NO2. The summed E-state index contributed by atoms with van der Waals surface area (Å²) >= 11 is 6.88. The maximum atomic E-state index is 5.20. The average molecular weight is 365 g/mol. The first-order valence-electron chi connectivity index (χ1n) is 5.22. The van der Waals surface area contributed by atoms with Crippen molar-refractivity contribution in [2.75, 3.05) is 19.5 Å². The number of alkyl halides is 1. The van der Waals surface area contributed by atoms with Gasteiger partial charge in [0.2, 0.25) is 0 Å². The predicted molar refractivity (Wildman–Crippen MR) is 77.3 cm³/mol. The molecule has 1 aromatic rings. The van der Waals surface area contributed by atoms with Crippen molar-refractivity contribution in [3.63, 3.8) is 0 Å². The Balaban J connectivity index is 2.94. The van der Waals surface area contributed by atoms with E-state index in [1.807, 2.05) is 18.2 Å². The zero-order valence-corrected chi connectivity index (χ0v) is 13.0. The summed E-state index contributed by atoms with van der Waals surface area (Å²) in [6, 6.07) is 5.89. The van der Waals surface area contributed by atoms with Gasteiger partial charge in [-0.1, -0.05) is 21.1 Å². The Labute approximate surface area is 118 Å². The van der Waals surface area contributed by atoms with Crippen LogP contribution in [0.1, 0.15) is 18.4 Å². The van der Waals surface area contributed by atoms with Crippen molar-refractivity contribution in [2.45, 2.75) is 12.8 Å². The topological polar surface area (TPSA) is 30.8 Å². The lowest BCUT2D eigenvalue weighted by atomic mass is 10.1. The predicted octanol–water partition coefficient (Wildman–Crippen LogP) is 3.98. The quantitative estimate of drug-likeness (QED) is 0.434. The van der Waals surface area contributed by atoms with Crippen molar-refractivity contribution in [3.8, 4) is 5.75 Å². The Kier molecular flexibility index (Phi) is 6.58. The lowest BCUT2D eigenvalue weighted by molar-refractivity contribution is 0.213. The van der Waals surface area contributed by atoms with Crippen molar-refractivity contribution < 1.29 is 9.57 Å². The molecule has 0 fully saturated rings. The summed E-state index contributed by atoms with van der Waals surface area (Å²) in [6.07, 6.45) is 1.89. The standard InChI is InChI=1S/C12H15Br2NO2/c1-16-12-6-5-9(8-10(12)14)11(15-17-2)4-3-7-13/h5-6,8H,3-4,7H2,1-2H3. The zero-order chi connectivity index (χ0) is 12.7. The molecule has 0 spiro atoms. The average Bonchev–Trinajstić information content (AvgIpc) is 2.34. The molecule has 1 aromatic carbocycles. The molecule has 1 rings (SSSR count). The maximum absolute atomic E-state index is 5.20. The first-order chi connectivity index (χ1) is 8.22. The molecule has 0 radical (unpaired) electrons. The number of benzene rings is 1. The molecule has 0 N–H and O–H groups in total. The minimum Gasteiger partial charge on any atom is -0.496 e. The van der Waals surface area contributed by atoms with Crippen LogP contribution in [0, 0.1) is 0 Å². The Morgan fingerprint density at radius 1 is 1.35 bits per heavy atom. The normalized spacial score (nSPS) is 11.4. The summed E-state index contributed by atoms with van der Waals surface area (Å²) in [4.78, 5) is 4.88. The van der Waals surface area contributed by atoms with Gasteiger partial charge in [-0.25, -0.2) is 0 Å².